The van der Waals surface area contributed by atoms with Gasteiger partial charge in [0.2, 0.25) is 0 Å². The van der Waals surface area contributed by atoms with Gasteiger partial charge in [-0.25, -0.2) is 10.0 Å². The number of rotatable bonds is 6. The maximum Gasteiger partial charge on any atom is 0.276 e. The zero-order chi connectivity index (χ0) is 19.7. The van der Waals surface area contributed by atoms with E-state index in [9.17, 15) is 9.59 Å². The Hall–Kier alpha value is -2.98. The quantitative estimate of drug-likeness (QED) is 0.574. The van der Waals surface area contributed by atoms with Gasteiger partial charge in [0, 0.05) is 13.1 Å². The molecule has 0 spiro atoms. The minimum Gasteiger partial charge on any atom is -0.267 e. The lowest BCUT2D eigenvalue weighted by Crippen LogP contribution is -2.46. The number of unbranched alkanes of at least 4 members (excludes halogenated alkanes) is 1. The predicted octanol–water partition coefficient (Wildman–Crippen LogP) is 4.96. The second kappa shape index (κ2) is 7.56. The van der Waals surface area contributed by atoms with Crippen molar-refractivity contribution in [2.75, 3.05) is 6.54 Å². The highest BCUT2D eigenvalue weighted by atomic mass is 16.2. The molecule has 4 nitrogen and oxygen atoms in total. The highest BCUT2D eigenvalue weighted by Gasteiger charge is 2.40. The molecule has 0 aliphatic carbocycles. The fourth-order valence-electron chi connectivity index (χ4n) is 3.74. The maximum atomic E-state index is 13.3. The first-order valence-corrected chi connectivity index (χ1v) is 9.81. The molecule has 1 heterocycles. The lowest BCUT2D eigenvalue weighted by molar-refractivity contribution is -0.00332. The Kier molecular flexibility index (Phi) is 4.97. The van der Waals surface area contributed by atoms with E-state index in [2.05, 4.69) is 31.2 Å². The Morgan fingerprint density at radius 2 is 1.64 bits per heavy atom. The molecule has 0 radical (unpaired) electrons. The number of hydrogen-bond donors (Lipinski definition) is 0. The summed E-state index contributed by atoms with van der Waals surface area (Å²) >= 11 is 0. The number of fused-ring (bicyclic) bond motifs is 3. The Labute approximate surface area is 165 Å². The van der Waals surface area contributed by atoms with Crippen LogP contribution in [-0.2, 0) is 6.54 Å². The molecule has 0 atom stereocenters. The number of benzene rings is 3. The van der Waals surface area contributed by atoms with E-state index in [0.717, 1.165) is 29.2 Å². The van der Waals surface area contributed by atoms with E-state index in [4.69, 9.17) is 0 Å². The van der Waals surface area contributed by atoms with Crippen LogP contribution in [0.15, 0.2) is 60.7 Å². The minimum absolute atomic E-state index is 0.222. The summed E-state index contributed by atoms with van der Waals surface area (Å²) in [4.78, 5) is 26.5. The van der Waals surface area contributed by atoms with Crippen molar-refractivity contribution in [1.29, 1.82) is 0 Å². The molecule has 4 rings (SSSR count). The molecular weight excluding hydrogens is 348 g/mol. The highest BCUT2D eigenvalue weighted by Crippen LogP contribution is 2.31. The van der Waals surface area contributed by atoms with E-state index in [1.165, 1.54) is 10.6 Å². The molecular formula is C24H24N2O2. The number of carbonyl (C=O) groups is 2. The van der Waals surface area contributed by atoms with E-state index >= 15 is 0 Å². The number of nitrogens with zero attached hydrogens (tertiary/aromatic N) is 2. The van der Waals surface area contributed by atoms with Crippen molar-refractivity contribution in [3.63, 3.8) is 0 Å². The van der Waals surface area contributed by atoms with E-state index in [1.807, 2.05) is 42.3 Å². The van der Waals surface area contributed by atoms with Gasteiger partial charge in [-0.2, -0.15) is 0 Å². The van der Waals surface area contributed by atoms with Gasteiger partial charge in [0.25, 0.3) is 11.8 Å². The summed E-state index contributed by atoms with van der Waals surface area (Å²) < 4.78 is 0. The molecule has 0 fully saturated rings. The number of hydrazine groups is 1. The van der Waals surface area contributed by atoms with Gasteiger partial charge in [-0.3, -0.25) is 9.59 Å². The van der Waals surface area contributed by atoms with Crippen LogP contribution in [0, 0.1) is 6.92 Å². The standard InChI is InChI=1S/C24H24N2O2/c1-3-4-15-25(16-18-11-9-17(2)10-12-18)26-23(27)21-14-13-19-7-5-6-8-20(19)22(21)24(26)28/h5-14H,3-4,15-16H2,1-2H3. The fraction of sp³-hybridized carbons (Fsp3) is 0.250. The molecule has 0 saturated heterocycles. The summed E-state index contributed by atoms with van der Waals surface area (Å²) in [5.74, 6) is -0.450. The lowest BCUT2D eigenvalue weighted by Gasteiger charge is -2.30. The first kappa shape index (κ1) is 18.4. The molecule has 0 saturated carbocycles. The van der Waals surface area contributed by atoms with Crippen molar-refractivity contribution in [2.24, 2.45) is 0 Å². The Balaban J connectivity index is 1.71. The second-order valence-corrected chi connectivity index (χ2v) is 7.36. The van der Waals surface area contributed by atoms with Gasteiger partial charge in [0.1, 0.15) is 0 Å². The van der Waals surface area contributed by atoms with Crippen LogP contribution in [0.3, 0.4) is 0 Å². The Morgan fingerprint density at radius 3 is 2.39 bits per heavy atom. The van der Waals surface area contributed by atoms with E-state index in [-0.39, 0.29) is 11.8 Å². The maximum absolute atomic E-state index is 13.3. The molecule has 0 bridgehead atoms. The van der Waals surface area contributed by atoms with Gasteiger partial charge >= 0.3 is 0 Å². The second-order valence-electron chi connectivity index (χ2n) is 7.36. The molecule has 28 heavy (non-hydrogen) atoms. The molecule has 2 amide bonds. The zero-order valence-electron chi connectivity index (χ0n) is 16.3. The summed E-state index contributed by atoms with van der Waals surface area (Å²) in [5, 5.41) is 5.06. The molecule has 142 valence electrons. The smallest absolute Gasteiger partial charge is 0.267 e. The normalized spacial score (nSPS) is 13.6. The molecule has 4 heteroatoms. The Bertz CT molecular complexity index is 1040. The van der Waals surface area contributed by atoms with Crippen molar-refractivity contribution in [3.8, 4) is 0 Å². The molecule has 0 aromatic heterocycles. The molecule has 3 aromatic rings. The first-order valence-electron chi connectivity index (χ1n) is 9.81. The van der Waals surface area contributed by atoms with Crippen LogP contribution < -0.4 is 0 Å². The average molecular weight is 372 g/mol. The topological polar surface area (TPSA) is 40.6 Å². The van der Waals surface area contributed by atoms with Gasteiger partial charge in [-0.15, -0.1) is 0 Å². The summed E-state index contributed by atoms with van der Waals surface area (Å²) in [6.45, 7) is 5.35. The molecule has 0 N–H and O–H groups in total. The summed E-state index contributed by atoms with van der Waals surface area (Å²) in [7, 11) is 0. The van der Waals surface area contributed by atoms with Crippen LogP contribution in [0.25, 0.3) is 10.8 Å². The summed E-state index contributed by atoms with van der Waals surface area (Å²) in [6, 6.07) is 19.7. The zero-order valence-corrected chi connectivity index (χ0v) is 16.3. The third kappa shape index (κ3) is 3.20. The number of aryl methyl sites for hydroxylation is 1. The first-order chi connectivity index (χ1) is 13.6. The van der Waals surface area contributed by atoms with Crippen molar-refractivity contribution in [3.05, 3.63) is 82.9 Å². The highest BCUT2D eigenvalue weighted by molar-refractivity contribution is 6.26. The Morgan fingerprint density at radius 1 is 0.893 bits per heavy atom. The van der Waals surface area contributed by atoms with Gasteiger partial charge in [0.05, 0.1) is 11.1 Å². The summed E-state index contributed by atoms with van der Waals surface area (Å²) in [6.07, 6.45) is 1.91. The molecule has 3 aromatic carbocycles. The summed E-state index contributed by atoms with van der Waals surface area (Å²) in [5.41, 5.74) is 3.29. The molecule has 1 aliphatic heterocycles. The van der Waals surface area contributed by atoms with Crippen molar-refractivity contribution >= 4 is 22.6 Å². The van der Waals surface area contributed by atoms with Crippen LogP contribution in [0.2, 0.25) is 0 Å². The fourth-order valence-corrected chi connectivity index (χ4v) is 3.74. The average Bonchev–Trinajstić information content (AvgIpc) is 2.97. The monoisotopic (exact) mass is 372 g/mol. The van der Waals surface area contributed by atoms with Crippen LogP contribution in [0.1, 0.15) is 51.6 Å². The molecule has 0 unspecified atom stereocenters. The number of amides is 2. The predicted molar refractivity (Wildman–Crippen MR) is 111 cm³/mol. The van der Waals surface area contributed by atoms with E-state index in [0.29, 0.717) is 24.2 Å². The lowest BCUT2D eigenvalue weighted by atomic mass is 10.0. The van der Waals surface area contributed by atoms with Crippen molar-refractivity contribution < 1.29 is 9.59 Å². The van der Waals surface area contributed by atoms with Crippen molar-refractivity contribution in [1.82, 2.24) is 10.0 Å². The minimum atomic E-state index is -0.228. The van der Waals surface area contributed by atoms with Gasteiger partial charge in [-0.1, -0.05) is 73.5 Å². The van der Waals surface area contributed by atoms with E-state index in [1.54, 1.807) is 6.07 Å². The van der Waals surface area contributed by atoms with Gasteiger partial charge in [-0.05, 0) is 35.7 Å². The van der Waals surface area contributed by atoms with Crippen LogP contribution in [-0.4, -0.2) is 28.4 Å². The number of hydrogen-bond acceptors (Lipinski definition) is 3. The third-order valence-electron chi connectivity index (χ3n) is 5.30. The molecule has 1 aliphatic rings. The van der Waals surface area contributed by atoms with Crippen LogP contribution in [0.4, 0.5) is 0 Å². The van der Waals surface area contributed by atoms with Crippen molar-refractivity contribution in [2.45, 2.75) is 33.2 Å². The largest absolute Gasteiger partial charge is 0.276 e. The van der Waals surface area contributed by atoms with Crippen LogP contribution in [0.5, 0.6) is 0 Å². The van der Waals surface area contributed by atoms with Gasteiger partial charge in [0.15, 0.2) is 0 Å². The SMILES string of the molecule is CCCCN(Cc1ccc(C)cc1)N1C(=O)c2ccc3ccccc3c2C1=O. The van der Waals surface area contributed by atoms with E-state index < -0.39 is 0 Å². The number of imide groups is 1. The van der Waals surface area contributed by atoms with Crippen LogP contribution >= 0.6 is 0 Å². The van der Waals surface area contributed by atoms with Gasteiger partial charge < -0.3 is 0 Å². The third-order valence-corrected chi connectivity index (χ3v) is 5.30. The number of carbonyl (C=O) groups excluding carboxylic acids is 2.